The highest BCUT2D eigenvalue weighted by Gasteiger charge is 2.09. The molecule has 1 aromatic rings. The molecular weight excluding hydrogens is 208 g/mol. The number of benzene rings is 1. The first-order chi connectivity index (χ1) is 6.19. The van der Waals surface area contributed by atoms with Gasteiger partial charge in [0.05, 0.1) is 5.56 Å². The summed E-state index contributed by atoms with van der Waals surface area (Å²) >= 11 is 7.02. The zero-order valence-corrected chi connectivity index (χ0v) is 8.65. The minimum atomic E-state index is -0.906. The highest BCUT2D eigenvalue weighted by atomic mass is 35.5. The van der Waals surface area contributed by atoms with Crippen molar-refractivity contribution in [2.75, 3.05) is 6.26 Å². The van der Waals surface area contributed by atoms with Gasteiger partial charge in [-0.15, -0.1) is 23.4 Å². The van der Waals surface area contributed by atoms with E-state index < -0.39 is 5.97 Å². The van der Waals surface area contributed by atoms with Crippen LogP contribution in [0.4, 0.5) is 0 Å². The molecule has 0 aliphatic carbocycles. The van der Waals surface area contributed by atoms with Crippen LogP contribution >= 0.6 is 23.4 Å². The van der Waals surface area contributed by atoms with Crippen molar-refractivity contribution in [3.05, 3.63) is 29.3 Å². The summed E-state index contributed by atoms with van der Waals surface area (Å²) in [6, 6.07) is 5.23. The molecule has 0 atom stereocenters. The fourth-order valence-corrected chi connectivity index (χ4v) is 1.74. The van der Waals surface area contributed by atoms with Gasteiger partial charge in [-0.05, 0) is 24.0 Å². The Morgan fingerprint density at radius 3 is 2.77 bits per heavy atom. The van der Waals surface area contributed by atoms with Crippen LogP contribution in [0.15, 0.2) is 23.1 Å². The third-order valence-corrected chi connectivity index (χ3v) is 2.75. The van der Waals surface area contributed by atoms with Crippen molar-refractivity contribution in [3.63, 3.8) is 0 Å². The lowest BCUT2D eigenvalue weighted by Gasteiger charge is -2.04. The maximum absolute atomic E-state index is 10.8. The van der Waals surface area contributed by atoms with Crippen molar-refractivity contribution < 1.29 is 9.90 Å². The fourth-order valence-electron chi connectivity index (χ4n) is 1.01. The van der Waals surface area contributed by atoms with Crippen molar-refractivity contribution in [2.45, 2.75) is 10.8 Å². The number of rotatable bonds is 3. The summed E-state index contributed by atoms with van der Waals surface area (Å²) in [5.74, 6) is -0.564. The predicted molar refractivity (Wildman–Crippen MR) is 54.7 cm³/mol. The fraction of sp³-hybridized carbons (Fsp3) is 0.222. The molecule has 0 unspecified atom stereocenters. The van der Waals surface area contributed by atoms with Gasteiger partial charge in [-0.2, -0.15) is 0 Å². The van der Waals surface area contributed by atoms with E-state index in [1.165, 1.54) is 11.8 Å². The summed E-state index contributed by atoms with van der Waals surface area (Å²) in [6.07, 6.45) is 1.85. The summed E-state index contributed by atoms with van der Waals surface area (Å²) in [4.78, 5) is 11.6. The normalized spacial score (nSPS) is 10.0. The minimum Gasteiger partial charge on any atom is -0.478 e. The SMILES string of the molecule is CSc1ccc(CCl)cc1C(=O)O. The Morgan fingerprint density at radius 1 is 1.62 bits per heavy atom. The van der Waals surface area contributed by atoms with Gasteiger partial charge in [-0.1, -0.05) is 6.07 Å². The second-order valence-corrected chi connectivity index (χ2v) is 3.59. The van der Waals surface area contributed by atoms with Gasteiger partial charge in [0.25, 0.3) is 0 Å². The summed E-state index contributed by atoms with van der Waals surface area (Å²) < 4.78 is 0. The third-order valence-electron chi connectivity index (χ3n) is 1.65. The van der Waals surface area contributed by atoms with Gasteiger partial charge in [0.2, 0.25) is 0 Å². The number of carbonyl (C=O) groups is 1. The van der Waals surface area contributed by atoms with E-state index >= 15 is 0 Å². The molecule has 0 amide bonds. The Balaban J connectivity index is 3.18. The van der Waals surface area contributed by atoms with Crippen LogP contribution in [0.5, 0.6) is 0 Å². The van der Waals surface area contributed by atoms with Gasteiger partial charge in [-0.25, -0.2) is 4.79 Å². The Hall–Kier alpha value is -0.670. The van der Waals surface area contributed by atoms with Gasteiger partial charge >= 0.3 is 5.97 Å². The van der Waals surface area contributed by atoms with Crippen LogP contribution in [0.3, 0.4) is 0 Å². The Morgan fingerprint density at radius 2 is 2.31 bits per heavy atom. The molecule has 0 spiro atoms. The van der Waals surface area contributed by atoms with Crippen LogP contribution < -0.4 is 0 Å². The molecule has 13 heavy (non-hydrogen) atoms. The number of carboxylic acid groups (broad SMARTS) is 1. The van der Waals surface area contributed by atoms with Crippen LogP contribution in [0.1, 0.15) is 15.9 Å². The van der Waals surface area contributed by atoms with E-state index in [0.717, 1.165) is 10.5 Å². The van der Waals surface area contributed by atoms with Gasteiger partial charge in [0.1, 0.15) is 0 Å². The van der Waals surface area contributed by atoms with Crippen molar-refractivity contribution in [1.29, 1.82) is 0 Å². The van der Waals surface area contributed by atoms with Crippen LogP contribution in [0.25, 0.3) is 0 Å². The van der Waals surface area contributed by atoms with Gasteiger partial charge in [0.15, 0.2) is 0 Å². The first-order valence-electron chi connectivity index (χ1n) is 3.65. The summed E-state index contributed by atoms with van der Waals surface area (Å²) in [7, 11) is 0. The molecule has 1 rings (SSSR count). The number of halogens is 1. The molecule has 0 fully saturated rings. The smallest absolute Gasteiger partial charge is 0.336 e. The quantitative estimate of drug-likeness (QED) is 0.624. The van der Waals surface area contributed by atoms with Crippen LogP contribution in [-0.4, -0.2) is 17.3 Å². The Labute approximate surface area is 85.9 Å². The Bertz CT molecular complexity index is 325. The summed E-state index contributed by atoms with van der Waals surface area (Å²) in [6.45, 7) is 0. The number of hydrogen-bond donors (Lipinski definition) is 1. The predicted octanol–water partition coefficient (Wildman–Crippen LogP) is 2.85. The van der Waals surface area contributed by atoms with E-state index in [-0.39, 0.29) is 0 Å². The molecule has 0 aliphatic heterocycles. The second-order valence-electron chi connectivity index (χ2n) is 2.47. The largest absolute Gasteiger partial charge is 0.478 e. The number of hydrogen-bond acceptors (Lipinski definition) is 2. The molecule has 1 aromatic carbocycles. The van der Waals surface area contributed by atoms with Crippen molar-refractivity contribution >= 4 is 29.3 Å². The molecular formula is C9H9ClO2S. The van der Waals surface area contributed by atoms with E-state index in [4.69, 9.17) is 16.7 Å². The van der Waals surface area contributed by atoms with E-state index in [0.29, 0.717) is 11.4 Å². The molecule has 0 bridgehead atoms. The average Bonchev–Trinajstić information content (AvgIpc) is 2.16. The zero-order valence-electron chi connectivity index (χ0n) is 7.08. The van der Waals surface area contributed by atoms with Crippen LogP contribution in [0, 0.1) is 0 Å². The van der Waals surface area contributed by atoms with E-state index in [1.54, 1.807) is 12.1 Å². The standard InChI is InChI=1S/C9H9ClO2S/c1-13-8-3-2-6(5-10)4-7(8)9(11)12/h2-4H,5H2,1H3,(H,11,12). The van der Waals surface area contributed by atoms with Crippen molar-refractivity contribution in [1.82, 2.24) is 0 Å². The lowest BCUT2D eigenvalue weighted by atomic mass is 10.1. The van der Waals surface area contributed by atoms with Gasteiger partial charge in [-0.3, -0.25) is 0 Å². The molecule has 2 nitrogen and oxygen atoms in total. The average molecular weight is 217 g/mol. The minimum absolute atomic E-state index is 0.325. The molecule has 0 saturated carbocycles. The number of alkyl halides is 1. The molecule has 0 aliphatic rings. The molecule has 0 heterocycles. The lowest BCUT2D eigenvalue weighted by molar-refractivity contribution is 0.0693. The first-order valence-corrected chi connectivity index (χ1v) is 5.41. The van der Waals surface area contributed by atoms with Gasteiger partial charge in [0, 0.05) is 10.8 Å². The highest BCUT2D eigenvalue weighted by Crippen LogP contribution is 2.22. The zero-order chi connectivity index (χ0) is 9.84. The highest BCUT2D eigenvalue weighted by molar-refractivity contribution is 7.98. The topological polar surface area (TPSA) is 37.3 Å². The summed E-state index contributed by atoms with van der Waals surface area (Å²) in [5.41, 5.74) is 1.16. The second kappa shape index (κ2) is 4.53. The number of aromatic carboxylic acids is 1. The number of thioether (sulfide) groups is 1. The maximum atomic E-state index is 10.8. The maximum Gasteiger partial charge on any atom is 0.336 e. The van der Waals surface area contributed by atoms with Crippen LogP contribution in [-0.2, 0) is 5.88 Å². The first kappa shape index (κ1) is 10.4. The molecule has 1 N–H and O–H groups in total. The molecule has 70 valence electrons. The Kier molecular flexibility index (Phi) is 3.63. The van der Waals surface area contributed by atoms with Crippen molar-refractivity contribution in [3.8, 4) is 0 Å². The third kappa shape index (κ3) is 2.39. The van der Waals surface area contributed by atoms with Crippen molar-refractivity contribution in [2.24, 2.45) is 0 Å². The lowest BCUT2D eigenvalue weighted by Crippen LogP contribution is -1.99. The molecule has 4 heteroatoms. The molecule has 0 aromatic heterocycles. The number of carboxylic acids is 1. The van der Waals surface area contributed by atoms with Crippen LogP contribution in [0.2, 0.25) is 0 Å². The summed E-state index contributed by atoms with van der Waals surface area (Å²) in [5, 5.41) is 8.86. The van der Waals surface area contributed by atoms with E-state index in [2.05, 4.69) is 0 Å². The molecule has 0 radical (unpaired) electrons. The van der Waals surface area contributed by atoms with Gasteiger partial charge < -0.3 is 5.11 Å². The van der Waals surface area contributed by atoms with E-state index in [1.807, 2.05) is 12.3 Å². The molecule has 0 saturated heterocycles. The van der Waals surface area contributed by atoms with E-state index in [9.17, 15) is 4.79 Å². The monoisotopic (exact) mass is 216 g/mol.